The molecule has 1 amide bonds. The van der Waals surface area contributed by atoms with E-state index < -0.39 is 0 Å². The van der Waals surface area contributed by atoms with Crippen LogP contribution in [-0.2, 0) is 4.79 Å². The number of carbonyl (C=O) groups excluding carboxylic acids is 1. The van der Waals surface area contributed by atoms with E-state index in [2.05, 4.69) is 34.7 Å². The van der Waals surface area contributed by atoms with Crippen molar-refractivity contribution in [1.29, 1.82) is 0 Å². The van der Waals surface area contributed by atoms with Gasteiger partial charge in [-0.15, -0.1) is 22.6 Å². The maximum absolute atomic E-state index is 12.0. The highest BCUT2D eigenvalue weighted by atomic mass is 35.5. The fourth-order valence-electron chi connectivity index (χ4n) is 1.79. The molecule has 2 rings (SSSR count). The normalized spacial score (nSPS) is 19.0. The summed E-state index contributed by atoms with van der Waals surface area (Å²) < 4.78 is 0.905. The van der Waals surface area contributed by atoms with Crippen LogP contribution in [0.1, 0.15) is 26.7 Å². The first kappa shape index (κ1) is 16.7. The molecule has 5 nitrogen and oxygen atoms in total. The minimum atomic E-state index is 0. The molecule has 1 fully saturated rings. The SMILES string of the molecule is CC(C)Sc1nnc(NC(=O)C2CCCNC2)s1.Cl. The summed E-state index contributed by atoms with van der Waals surface area (Å²) in [6.07, 6.45) is 2.01. The molecule has 1 aliphatic heterocycles. The molecule has 0 aromatic carbocycles. The van der Waals surface area contributed by atoms with E-state index in [1.54, 1.807) is 11.8 Å². The van der Waals surface area contributed by atoms with Crippen LogP contribution < -0.4 is 10.6 Å². The van der Waals surface area contributed by atoms with Gasteiger partial charge < -0.3 is 10.6 Å². The number of aromatic nitrogens is 2. The topological polar surface area (TPSA) is 66.9 Å². The van der Waals surface area contributed by atoms with Crippen LogP contribution in [0.4, 0.5) is 5.13 Å². The van der Waals surface area contributed by atoms with Gasteiger partial charge >= 0.3 is 0 Å². The van der Waals surface area contributed by atoms with E-state index in [-0.39, 0.29) is 24.2 Å². The lowest BCUT2D eigenvalue weighted by Gasteiger charge is -2.20. The molecule has 1 unspecified atom stereocenters. The third-order valence-corrected chi connectivity index (χ3v) is 4.57. The van der Waals surface area contributed by atoms with Crippen molar-refractivity contribution in [3.63, 3.8) is 0 Å². The maximum Gasteiger partial charge on any atom is 0.230 e. The molecule has 8 heteroatoms. The summed E-state index contributed by atoms with van der Waals surface area (Å²) in [4.78, 5) is 12.0. The molecule has 0 aliphatic carbocycles. The fraction of sp³-hybridized carbons (Fsp3) is 0.727. The van der Waals surface area contributed by atoms with Gasteiger partial charge in [0.25, 0.3) is 0 Å². The zero-order valence-corrected chi connectivity index (χ0v) is 13.5. The smallest absolute Gasteiger partial charge is 0.230 e. The number of hydrogen-bond acceptors (Lipinski definition) is 6. The monoisotopic (exact) mass is 322 g/mol. The second-order valence-corrected chi connectivity index (χ2v) is 7.37. The Morgan fingerprint density at radius 3 is 2.95 bits per heavy atom. The highest BCUT2D eigenvalue weighted by Crippen LogP contribution is 2.28. The highest BCUT2D eigenvalue weighted by Gasteiger charge is 2.22. The lowest BCUT2D eigenvalue weighted by atomic mass is 9.99. The molecular formula is C11H19ClN4OS2. The number of thioether (sulfide) groups is 1. The highest BCUT2D eigenvalue weighted by molar-refractivity contribution is 8.01. The molecule has 0 radical (unpaired) electrons. The molecule has 108 valence electrons. The number of amides is 1. The Labute approximate surface area is 127 Å². The van der Waals surface area contributed by atoms with Crippen molar-refractivity contribution < 1.29 is 4.79 Å². The molecule has 1 saturated heterocycles. The van der Waals surface area contributed by atoms with E-state index in [1.807, 2.05) is 0 Å². The summed E-state index contributed by atoms with van der Waals surface area (Å²) >= 11 is 3.11. The quantitative estimate of drug-likeness (QED) is 0.658. The second kappa shape index (κ2) is 8.04. The zero-order chi connectivity index (χ0) is 13.0. The molecule has 0 spiro atoms. The van der Waals surface area contributed by atoms with Crippen molar-refractivity contribution in [2.45, 2.75) is 36.3 Å². The van der Waals surface area contributed by atoms with Crippen LogP contribution in [0.25, 0.3) is 0 Å². The van der Waals surface area contributed by atoms with Crippen molar-refractivity contribution in [2.24, 2.45) is 5.92 Å². The Balaban J connectivity index is 0.00000180. The third kappa shape index (κ3) is 5.25. The Morgan fingerprint density at radius 2 is 2.32 bits per heavy atom. The van der Waals surface area contributed by atoms with Crippen LogP contribution in [0, 0.1) is 5.92 Å². The van der Waals surface area contributed by atoms with Gasteiger partial charge in [-0.05, 0) is 19.4 Å². The number of halogens is 1. The lowest BCUT2D eigenvalue weighted by Crippen LogP contribution is -2.37. The van der Waals surface area contributed by atoms with Crippen LogP contribution in [0.3, 0.4) is 0 Å². The largest absolute Gasteiger partial charge is 0.316 e. The predicted octanol–water partition coefficient (Wildman–Crippen LogP) is 2.40. The van der Waals surface area contributed by atoms with E-state index in [0.717, 1.165) is 30.3 Å². The number of carbonyl (C=O) groups is 1. The number of rotatable bonds is 4. The van der Waals surface area contributed by atoms with Crippen LogP contribution in [0.2, 0.25) is 0 Å². The molecule has 1 aliphatic rings. The lowest BCUT2D eigenvalue weighted by molar-refractivity contribution is -0.120. The van der Waals surface area contributed by atoms with Crippen molar-refractivity contribution in [3.05, 3.63) is 0 Å². The molecular weight excluding hydrogens is 304 g/mol. The van der Waals surface area contributed by atoms with Crippen LogP contribution in [0.5, 0.6) is 0 Å². The summed E-state index contributed by atoms with van der Waals surface area (Å²) in [6.45, 7) is 5.99. The van der Waals surface area contributed by atoms with Crippen molar-refractivity contribution >= 4 is 46.5 Å². The van der Waals surface area contributed by atoms with E-state index in [4.69, 9.17) is 0 Å². The average Bonchev–Trinajstić information content (AvgIpc) is 2.76. The van der Waals surface area contributed by atoms with Gasteiger partial charge in [0.15, 0.2) is 4.34 Å². The second-order valence-electron chi connectivity index (χ2n) is 4.57. The van der Waals surface area contributed by atoms with Crippen molar-refractivity contribution in [1.82, 2.24) is 15.5 Å². The summed E-state index contributed by atoms with van der Waals surface area (Å²) in [7, 11) is 0. The Bertz CT molecular complexity index is 407. The molecule has 19 heavy (non-hydrogen) atoms. The Hall–Kier alpha value is -0.370. The zero-order valence-electron chi connectivity index (χ0n) is 11.0. The summed E-state index contributed by atoms with van der Waals surface area (Å²) in [5, 5.41) is 15.2. The van der Waals surface area contributed by atoms with Gasteiger partial charge in [0.1, 0.15) is 0 Å². The average molecular weight is 323 g/mol. The van der Waals surface area contributed by atoms with E-state index in [1.165, 1.54) is 11.3 Å². The first-order valence-corrected chi connectivity index (χ1v) is 7.86. The van der Waals surface area contributed by atoms with E-state index in [9.17, 15) is 4.79 Å². The van der Waals surface area contributed by atoms with Crippen molar-refractivity contribution in [2.75, 3.05) is 18.4 Å². The number of hydrogen-bond donors (Lipinski definition) is 2. The van der Waals surface area contributed by atoms with Crippen LogP contribution in [-0.4, -0.2) is 34.4 Å². The molecule has 2 N–H and O–H groups in total. The molecule has 1 aromatic heterocycles. The van der Waals surface area contributed by atoms with Crippen LogP contribution in [0.15, 0.2) is 4.34 Å². The summed E-state index contributed by atoms with van der Waals surface area (Å²) in [6, 6.07) is 0. The van der Waals surface area contributed by atoms with Gasteiger partial charge in [-0.1, -0.05) is 36.9 Å². The predicted molar refractivity (Wildman–Crippen MR) is 82.4 cm³/mol. The van der Waals surface area contributed by atoms with Gasteiger partial charge in [0, 0.05) is 11.8 Å². The van der Waals surface area contributed by atoms with Gasteiger partial charge in [-0.2, -0.15) is 0 Å². The first-order valence-electron chi connectivity index (χ1n) is 6.17. The van der Waals surface area contributed by atoms with Crippen LogP contribution >= 0.6 is 35.5 Å². The number of anilines is 1. The third-order valence-electron chi connectivity index (χ3n) is 2.64. The van der Waals surface area contributed by atoms with Gasteiger partial charge in [0.2, 0.25) is 11.0 Å². The number of piperidine rings is 1. The number of nitrogens with zero attached hydrogens (tertiary/aromatic N) is 2. The minimum absolute atomic E-state index is 0. The molecule has 1 aromatic rings. The molecule has 0 bridgehead atoms. The molecule has 2 heterocycles. The van der Waals surface area contributed by atoms with Gasteiger partial charge in [0.05, 0.1) is 5.92 Å². The first-order chi connectivity index (χ1) is 8.65. The standard InChI is InChI=1S/C11H18N4OS2.ClH/c1-7(2)17-11-15-14-10(18-11)13-9(16)8-4-3-5-12-6-8;/h7-8,12H,3-6H2,1-2H3,(H,13,14,16);1H. The van der Waals surface area contributed by atoms with Gasteiger partial charge in [-0.3, -0.25) is 4.79 Å². The summed E-state index contributed by atoms with van der Waals surface area (Å²) in [5.74, 6) is 0.114. The Kier molecular flexibility index (Phi) is 7.06. The van der Waals surface area contributed by atoms with Crippen molar-refractivity contribution in [3.8, 4) is 0 Å². The molecule has 0 saturated carbocycles. The fourth-order valence-corrected chi connectivity index (χ4v) is 3.77. The van der Waals surface area contributed by atoms with Gasteiger partial charge in [-0.25, -0.2) is 0 Å². The summed E-state index contributed by atoms with van der Waals surface area (Å²) in [5.41, 5.74) is 0. The molecule has 1 atom stereocenters. The van der Waals surface area contributed by atoms with E-state index in [0.29, 0.717) is 10.4 Å². The Morgan fingerprint density at radius 1 is 1.53 bits per heavy atom. The minimum Gasteiger partial charge on any atom is -0.316 e. The maximum atomic E-state index is 12.0. The number of nitrogens with one attached hydrogen (secondary N) is 2. The van der Waals surface area contributed by atoms with E-state index >= 15 is 0 Å².